The molecular weight excluding hydrogens is 410 g/mol. The van der Waals surface area contributed by atoms with Gasteiger partial charge in [-0.25, -0.2) is 19.6 Å². The Balaban J connectivity index is 1.48. The van der Waals surface area contributed by atoms with Crippen molar-refractivity contribution in [3.63, 3.8) is 0 Å². The summed E-state index contributed by atoms with van der Waals surface area (Å²) in [6.07, 6.45) is 4.32. The fraction of sp³-hybridized carbons (Fsp3) is 0.235. The second-order valence-corrected chi connectivity index (χ2v) is 6.61. The Kier molecular flexibility index (Phi) is 5.17. The summed E-state index contributed by atoms with van der Waals surface area (Å²) < 4.78 is 1.50. The Bertz CT molecular complexity index is 1110. The predicted octanol–water partition coefficient (Wildman–Crippen LogP) is 0.836. The average molecular weight is 425 g/mol. The number of nitrogens with zero attached hydrogens (tertiary/aromatic N) is 9. The van der Waals surface area contributed by atoms with Crippen molar-refractivity contribution in [2.45, 2.75) is 0 Å². The lowest BCUT2D eigenvalue weighted by Crippen LogP contribution is -2.49. The largest absolute Gasteiger partial charge is 0.353 e. The molecule has 1 fully saturated rings. The first-order valence-electron chi connectivity index (χ1n) is 9.07. The Labute approximate surface area is 174 Å². The number of anilines is 1. The minimum absolute atomic E-state index is 0.0927. The third-order valence-electron chi connectivity index (χ3n) is 4.75. The SMILES string of the molecule is O=C(c1cc([N+](=O)[O-])cc([N+](=O)[O-])c1)N1CCN(c2cc(-n3cncn3)ncn2)CC1. The molecule has 0 spiro atoms. The number of non-ortho nitro benzene ring substituents is 2. The maximum absolute atomic E-state index is 12.8. The summed E-state index contributed by atoms with van der Waals surface area (Å²) in [6, 6.07) is 4.68. The lowest BCUT2D eigenvalue weighted by Gasteiger charge is -2.35. The topological polar surface area (TPSA) is 166 Å². The molecule has 0 atom stereocenters. The van der Waals surface area contributed by atoms with Crippen LogP contribution in [0.15, 0.2) is 43.2 Å². The van der Waals surface area contributed by atoms with Crippen LogP contribution < -0.4 is 4.90 Å². The van der Waals surface area contributed by atoms with Gasteiger partial charge < -0.3 is 9.80 Å². The van der Waals surface area contributed by atoms with Gasteiger partial charge in [-0.1, -0.05) is 0 Å². The number of hydrogen-bond donors (Lipinski definition) is 0. The van der Waals surface area contributed by atoms with Crippen LogP contribution in [0.5, 0.6) is 0 Å². The van der Waals surface area contributed by atoms with E-state index in [0.717, 1.165) is 18.2 Å². The number of carbonyl (C=O) groups excluding carboxylic acids is 1. The van der Waals surface area contributed by atoms with Crippen LogP contribution in [0.4, 0.5) is 17.2 Å². The Morgan fingerprint density at radius 1 is 0.871 bits per heavy atom. The third kappa shape index (κ3) is 4.12. The van der Waals surface area contributed by atoms with Crippen LogP contribution in [-0.2, 0) is 0 Å². The highest BCUT2D eigenvalue weighted by molar-refractivity contribution is 5.95. The van der Waals surface area contributed by atoms with Gasteiger partial charge in [0.2, 0.25) is 0 Å². The quantitative estimate of drug-likeness (QED) is 0.422. The number of nitro groups is 2. The van der Waals surface area contributed by atoms with Gasteiger partial charge in [-0.2, -0.15) is 5.10 Å². The van der Waals surface area contributed by atoms with Gasteiger partial charge in [-0.15, -0.1) is 0 Å². The van der Waals surface area contributed by atoms with E-state index in [1.807, 2.05) is 4.90 Å². The molecule has 3 heterocycles. The zero-order valence-electron chi connectivity index (χ0n) is 15.9. The van der Waals surface area contributed by atoms with Crippen LogP contribution in [-0.4, -0.2) is 71.6 Å². The monoisotopic (exact) mass is 425 g/mol. The fourth-order valence-corrected chi connectivity index (χ4v) is 3.21. The van der Waals surface area contributed by atoms with Crippen molar-refractivity contribution in [3.05, 3.63) is 69.0 Å². The third-order valence-corrected chi connectivity index (χ3v) is 4.75. The first kappa shape index (κ1) is 19.8. The molecule has 1 aromatic carbocycles. The van der Waals surface area contributed by atoms with Gasteiger partial charge in [0.15, 0.2) is 5.82 Å². The zero-order chi connectivity index (χ0) is 22.0. The van der Waals surface area contributed by atoms with Crippen molar-refractivity contribution < 1.29 is 14.6 Å². The van der Waals surface area contributed by atoms with Crippen molar-refractivity contribution in [2.24, 2.45) is 0 Å². The maximum Gasteiger partial charge on any atom is 0.277 e. The van der Waals surface area contributed by atoms with E-state index in [1.165, 1.54) is 28.6 Å². The molecule has 1 saturated heterocycles. The Morgan fingerprint density at radius 3 is 2.10 bits per heavy atom. The van der Waals surface area contributed by atoms with E-state index >= 15 is 0 Å². The van der Waals surface area contributed by atoms with E-state index in [2.05, 4.69) is 20.1 Å². The minimum atomic E-state index is -0.760. The summed E-state index contributed by atoms with van der Waals surface area (Å²) in [5, 5.41) is 26.2. The lowest BCUT2D eigenvalue weighted by molar-refractivity contribution is -0.394. The highest BCUT2D eigenvalue weighted by atomic mass is 16.6. The normalized spacial score (nSPS) is 13.8. The van der Waals surface area contributed by atoms with E-state index in [9.17, 15) is 25.0 Å². The Hall–Kier alpha value is -4.49. The van der Waals surface area contributed by atoms with Crippen molar-refractivity contribution in [1.29, 1.82) is 0 Å². The smallest absolute Gasteiger partial charge is 0.277 e. The summed E-state index contributed by atoms with van der Waals surface area (Å²) >= 11 is 0. The van der Waals surface area contributed by atoms with Gasteiger partial charge in [0.05, 0.1) is 21.5 Å². The van der Waals surface area contributed by atoms with Crippen LogP contribution in [0.25, 0.3) is 5.82 Å². The van der Waals surface area contributed by atoms with Gasteiger partial charge in [-0.3, -0.25) is 25.0 Å². The number of nitro benzene ring substituents is 2. The summed E-state index contributed by atoms with van der Waals surface area (Å²) in [7, 11) is 0. The number of hydrogen-bond acceptors (Lipinski definition) is 10. The van der Waals surface area contributed by atoms with Crippen LogP contribution in [0.3, 0.4) is 0 Å². The fourth-order valence-electron chi connectivity index (χ4n) is 3.21. The molecule has 14 heteroatoms. The molecule has 0 saturated carbocycles. The molecule has 0 aliphatic carbocycles. The lowest BCUT2D eigenvalue weighted by atomic mass is 10.1. The van der Waals surface area contributed by atoms with Crippen molar-refractivity contribution in [3.8, 4) is 5.82 Å². The second kappa shape index (κ2) is 8.10. The first-order chi connectivity index (χ1) is 14.9. The van der Waals surface area contributed by atoms with E-state index in [-0.39, 0.29) is 5.56 Å². The van der Waals surface area contributed by atoms with Crippen molar-refractivity contribution in [2.75, 3.05) is 31.1 Å². The molecule has 4 rings (SSSR count). The summed E-state index contributed by atoms with van der Waals surface area (Å²) in [6.45, 7) is 1.54. The summed E-state index contributed by atoms with van der Waals surface area (Å²) in [4.78, 5) is 49.2. The number of piperazine rings is 1. The van der Waals surface area contributed by atoms with Gasteiger partial charge in [0.1, 0.15) is 24.8 Å². The van der Waals surface area contributed by atoms with Crippen LogP contribution in [0, 0.1) is 20.2 Å². The first-order valence-corrected chi connectivity index (χ1v) is 9.07. The average Bonchev–Trinajstić information content (AvgIpc) is 3.33. The van der Waals surface area contributed by atoms with Gasteiger partial charge >= 0.3 is 0 Å². The zero-order valence-corrected chi connectivity index (χ0v) is 15.9. The predicted molar refractivity (Wildman–Crippen MR) is 105 cm³/mol. The van der Waals surface area contributed by atoms with Crippen LogP contribution >= 0.6 is 0 Å². The highest BCUT2D eigenvalue weighted by Crippen LogP contribution is 2.24. The van der Waals surface area contributed by atoms with Crippen LogP contribution in [0.1, 0.15) is 10.4 Å². The van der Waals surface area contributed by atoms with E-state index in [1.54, 1.807) is 6.07 Å². The summed E-state index contributed by atoms with van der Waals surface area (Å²) in [5.74, 6) is 0.695. The van der Waals surface area contributed by atoms with Gasteiger partial charge in [0.25, 0.3) is 17.3 Å². The number of aromatic nitrogens is 5. The molecule has 0 bridgehead atoms. The van der Waals surface area contributed by atoms with E-state index in [4.69, 9.17) is 0 Å². The minimum Gasteiger partial charge on any atom is -0.353 e. The maximum atomic E-state index is 12.8. The second-order valence-electron chi connectivity index (χ2n) is 6.61. The number of benzene rings is 1. The molecule has 1 aliphatic rings. The molecule has 158 valence electrons. The molecular formula is C17H15N9O5. The van der Waals surface area contributed by atoms with Crippen LogP contribution in [0.2, 0.25) is 0 Å². The summed E-state index contributed by atoms with van der Waals surface area (Å²) in [5.41, 5.74) is -1.10. The number of rotatable bonds is 5. The molecule has 1 aliphatic heterocycles. The molecule has 3 aromatic rings. The van der Waals surface area contributed by atoms with Gasteiger partial charge in [0, 0.05) is 44.4 Å². The van der Waals surface area contributed by atoms with E-state index in [0.29, 0.717) is 37.8 Å². The van der Waals surface area contributed by atoms with Crippen molar-refractivity contribution in [1.82, 2.24) is 29.6 Å². The molecule has 0 N–H and O–H groups in total. The molecule has 31 heavy (non-hydrogen) atoms. The molecule has 1 amide bonds. The van der Waals surface area contributed by atoms with E-state index < -0.39 is 27.1 Å². The van der Waals surface area contributed by atoms with Crippen molar-refractivity contribution >= 4 is 23.1 Å². The molecule has 14 nitrogen and oxygen atoms in total. The Morgan fingerprint density at radius 2 is 1.52 bits per heavy atom. The molecule has 2 aromatic heterocycles. The standard InChI is InChI=1S/C17H15N9O5/c27-17(12-5-13(25(28)29)7-14(6-12)26(30)31)23-3-1-22(2-4-23)15-8-16(20-10-19-15)24-11-18-9-21-24/h5-11H,1-4H2. The molecule has 0 radical (unpaired) electrons. The number of amides is 1. The number of carbonyl (C=O) groups is 1. The highest BCUT2D eigenvalue weighted by Gasteiger charge is 2.26. The van der Waals surface area contributed by atoms with Gasteiger partial charge in [-0.05, 0) is 0 Å². The molecule has 0 unspecified atom stereocenters.